The summed E-state index contributed by atoms with van der Waals surface area (Å²) in [5.74, 6) is -2.83. The van der Waals surface area contributed by atoms with Crippen LogP contribution in [0.1, 0.15) is 27.2 Å². The van der Waals surface area contributed by atoms with Crippen LogP contribution in [0.2, 0.25) is 0 Å². The number of nitrogen functional groups attached to an aromatic ring is 1. The molecule has 1 aromatic rings. The van der Waals surface area contributed by atoms with E-state index in [4.69, 9.17) is 15.2 Å². The molecule has 1 unspecified atom stereocenters. The van der Waals surface area contributed by atoms with Gasteiger partial charge in [0.2, 0.25) is 0 Å². The first-order valence-corrected chi connectivity index (χ1v) is 7.45. The molecule has 0 aromatic heterocycles. The van der Waals surface area contributed by atoms with E-state index in [9.17, 15) is 13.6 Å². The summed E-state index contributed by atoms with van der Waals surface area (Å²) in [6, 6.07) is 6.27. The smallest absolute Gasteiger partial charge is 0.410 e. The second kappa shape index (κ2) is 6.22. The van der Waals surface area contributed by atoms with E-state index in [2.05, 4.69) is 0 Å². The molecule has 1 atom stereocenters. The fraction of sp³-hybridized carbons (Fsp3) is 0.562. The van der Waals surface area contributed by atoms with E-state index < -0.39 is 30.3 Å². The standard InChI is InChI=1S/C16H22F2N2O3/c1-15(2,3)23-14(21)20-9-8-13(16(17,18)10-20)22-12-6-4-11(19)5-7-12/h4-7,13H,8-10,19H2,1-3H3. The summed E-state index contributed by atoms with van der Waals surface area (Å²) >= 11 is 0. The number of carbonyl (C=O) groups excluding carboxylic acids is 1. The first kappa shape index (κ1) is 17.3. The number of hydrogen-bond donors (Lipinski definition) is 1. The van der Waals surface area contributed by atoms with Crippen LogP contribution in [0.3, 0.4) is 0 Å². The maximum Gasteiger partial charge on any atom is 0.410 e. The van der Waals surface area contributed by atoms with E-state index in [1.54, 1.807) is 45.0 Å². The van der Waals surface area contributed by atoms with Gasteiger partial charge in [0.25, 0.3) is 0 Å². The maximum absolute atomic E-state index is 14.3. The Balaban J connectivity index is 1.99. The van der Waals surface area contributed by atoms with Crippen molar-refractivity contribution < 1.29 is 23.0 Å². The first-order valence-electron chi connectivity index (χ1n) is 7.45. The van der Waals surface area contributed by atoms with Crippen LogP contribution in [-0.2, 0) is 4.74 Å². The molecule has 128 valence electrons. The highest BCUT2D eigenvalue weighted by molar-refractivity contribution is 5.68. The summed E-state index contributed by atoms with van der Waals surface area (Å²) in [5.41, 5.74) is 5.37. The molecular formula is C16H22F2N2O3. The molecule has 0 bridgehead atoms. The van der Waals surface area contributed by atoms with E-state index in [1.165, 1.54) is 0 Å². The predicted molar refractivity (Wildman–Crippen MR) is 82.6 cm³/mol. The van der Waals surface area contributed by atoms with Gasteiger partial charge in [-0.05, 0) is 45.0 Å². The van der Waals surface area contributed by atoms with Crippen molar-refractivity contribution in [2.45, 2.75) is 44.8 Å². The van der Waals surface area contributed by atoms with Gasteiger partial charge in [-0.15, -0.1) is 0 Å². The minimum Gasteiger partial charge on any atom is -0.484 e. The highest BCUT2D eigenvalue weighted by Crippen LogP contribution is 2.32. The molecule has 1 aliphatic rings. The molecule has 0 saturated carbocycles. The van der Waals surface area contributed by atoms with Gasteiger partial charge >= 0.3 is 12.0 Å². The van der Waals surface area contributed by atoms with Crippen LogP contribution in [0.4, 0.5) is 19.3 Å². The van der Waals surface area contributed by atoms with Crippen molar-refractivity contribution in [3.8, 4) is 5.75 Å². The van der Waals surface area contributed by atoms with Crippen LogP contribution in [0, 0.1) is 0 Å². The zero-order valence-corrected chi connectivity index (χ0v) is 13.5. The molecule has 5 nitrogen and oxygen atoms in total. The molecular weight excluding hydrogens is 306 g/mol. The highest BCUT2D eigenvalue weighted by atomic mass is 19.3. The van der Waals surface area contributed by atoms with Gasteiger partial charge in [0.1, 0.15) is 11.4 Å². The number of anilines is 1. The minimum absolute atomic E-state index is 0.0244. The Labute approximate surface area is 134 Å². The fourth-order valence-electron chi connectivity index (χ4n) is 2.26. The lowest BCUT2D eigenvalue weighted by Crippen LogP contribution is -2.56. The van der Waals surface area contributed by atoms with E-state index in [0.29, 0.717) is 11.4 Å². The van der Waals surface area contributed by atoms with Crippen molar-refractivity contribution in [2.24, 2.45) is 0 Å². The molecule has 1 fully saturated rings. The third kappa shape index (κ3) is 4.71. The number of halogens is 2. The number of likely N-dealkylation sites (tertiary alicyclic amines) is 1. The largest absolute Gasteiger partial charge is 0.484 e. The molecule has 1 amide bonds. The van der Waals surface area contributed by atoms with Gasteiger partial charge in [0, 0.05) is 18.7 Å². The van der Waals surface area contributed by atoms with E-state index >= 15 is 0 Å². The Kier molecular flexibility index (Phi) is 4.68. The molecule has 2 N–H and O–H groups in total. The van der Waals surface area contributed by atoms with Gasteiger partial charge in [-0.2, -0.15) is 0 Å². The van der Waals surface area contributed by atoms with Crippen molar-refractivity contribution in [3.63, 3.8) is 0 Å². The lowest BCUT2D eigenvalue weighted by molar-refractivity contribution is -0.137. The van der Waals surface area contributed by atoms with Crippen LogP contribution < -0.4 is 10.5 Å². The van der Waals surface area contributed by atoms with E-state index in [1.807, 2.05) is 0 Å². The number of carbonyl (C=O) groups is 1. The normalized spacial score (nSPS) is 20.9. The van der Waals surface area contributed by atoms with Gasteiger partial charge in [0.05, 0.1) is 6.54 Å². The number of alkyl halides is 2. The molecule has 23 heavy (non-hydrogen) atoms. The van der Waals surface area contributed by atoms with Crippen LogP contribution >= 0.6 is 0 Å². The number of nitrogens with zero attached hydrogens (tertiary/aromatic N) is 1. The highest BCUT2D eigenvalue weighted by Gasteiger charge is 2.48. The molecule has 1 aromatic carbocycles. The van der Waals surface area contributed by atoms with Crippen LogP contribution in [-0.4, -0.2) is 41.7 Å². The Morgan fingerprint density at radius 2 is 1.91 bits per heavy atom. The van der Waals surface area contributed by atoms with Crippen molar-refractivity contribution in [1.29, 1.82) is 0 Å². The van der Waals surface area contributed by atoms with Crippen molar-refractivity contribution in [1.82, 2.24) is 4.90 Å². The van der Waals surface area contributed by atoms with Gasteiger partial charge in [-0.3, -0.25) is 0 Å². The topological polar surface area (TPSA) is 64.8 Å². The monoisotopic (exact) mass is 328 g/mol. The molecule has 0 radical (unpaired) electrons. The third-order valence-electron chi connectivity index (χ3n) is 3.34. The van der Waals surface area contributed by atoms with E-state index in [-0.39, 0.29) is 13.0 Å². The van der Waals surface area contributed by atoms with Crippen molar-refractivity contribution >= 4 is 11.8 Å². The summed E-state index contributed by atoms with van der Waals surface area (Å²) in [5, 5.41) is 0. The summed E-state index contributed by atoms with van der Waals surface area (Å²) in [4.78, 5) is 12.9. The van der Waals surface area contributed by atoms with Crippen molar-refractivity contribution in [2.75, 3.05) is 18.8 Å². The number of piperidine rings is 1. The Hall–Kier alpha value is -2.05. The zero-order chi connectivity index (χ0) is 17.3. The second-order valence-electron chi connectivity index (χ2n) is 6.63. The quantitative estimate of drug-likeness (QED) is 0.846. The molecule has 0 spiro atoms. The SMILES string of the molecule is CC(C)(C)OC(=O)N1CCC(Oc2ccc(N)cc2)C(F)(F)C1. The average Bonchev–Trinajstić information content (AvgIpc) is 2.41. The van der Waals surface area contributed by atoms with Crippen molar-refractivity contribution in [3.05, 3.63) is 24.3 Å². The molecule has 2 rings (SSSR count). The maximum atomic E-state index is 14.3. The minimum atomic E-state index is -3.16. The predicted octanol–water partition coefficient (Wildman–Crippen LogP) is 3.29. The lowest BCUT2D eigenvalue weighted by Gasteiger charge is -2.38. The van der Waals surface area contributed by atoms with Gasteiger partial charge in [0.15, 0.2) is 6.10 Å². The van der Waals surface area contributed by atoms with Gasteiger partial charge < -0.3 is 20.1 Å². The average molecular weight is 328 g/mol. The van der Waals surface area contributed by atoms with Gasteiger partial charge in [-0.1, -0.05) is 0 Å². The zero-order valence-electron chi connectivity index (χ0n) is 13.5. The number of amides is 1. The first-order chi connectivity index (χ1) is 10.6. The number of rotatable bonds is 2. The van der Waals surface area contributed by atoms with Crippen LogP contribution in [0.15, 0.2) is 24.3 Å². The summed E-state index contributed by atoms with van der Waals surface area (Å²) < 4.78 is 39.1. The summed E-state index contributed by atoms with van der Waals surface area (Å²) in [6.07, 6.45) is -2.00. The molecule has 7 heteroatoms. The molecule has 1 heterocycles. The number of benzene rings is 1. The van der Waals surface area contributed by atoms with Gasteiger partial charge in [-0.25, -0.2) is 13.6 Å². The Morgan fingerprint density at radius 3 is 2.43 bits per heavy atom. The lowest BCUT2D eigenvalue weighted by atomic mass is 10.0. The fourth-order valence-corrected chi connectivity index (χ4v) is 2.26. The van der Waals surface area contributed by atoms with E-state index in [0.717, 1.165) is 4.90 Å². The second-order valence-corrected chi connectivity index (χ2v) is 6.63. The number of nitrogens with two attached hydrogens (primary N) is 1. The summed E-state index contributed by atoms with van der Waals surface area (Å²) in [6.45, 7) is 4.52. The Morgan fingerprint density at radius 1 is 1.30 bits per heavy atom. The molecule has 0 aliphatic carbocycles. The van der Waals surface area contributed by atoms with Crippen LogP contribution in [0.25, 0.3) is 0 Å². The summed E-state index contributed by atoms with van der Waals surface area (Å²) in [7, 11) is 0. The number of hydrogen-bond acceptors (Lipinski definition) is 4. The number of ether oxygens (including phenoxy) is 2. The molecule has 1 aliphatic heterocycles. The third-order valence-corrected chi connectivity index (χ3v) is 3.34. The Bertz CT molecular complexity index is 555. The van der Waals surface area contributed by atoms with Crippen LogP contribution in [0.5, 0.6) is 5.75 Å². The molecule has 1 saturated heterocycles.